The zero-order valence-electron chi connectivity index (χ0n) is 14.2. The topological polar surface area (TPSA) is 78.5 Å². The van der Waals surface area contributed by atoms with Crippen LogP contribution in [0, 0.1) is 0 Å². The number of carbonyl (C=O) groups excluding carboxylic acids is 3. The standard InChI is InChI=1S/C19H18BrN3O3/c1-2-19(13-8-4-3-5-9-13)17(25)23(18(26)22-19)12-16(24)21-15-11-7-6-10-14(15)20/h3-11H,2,12H2,1H3,(H,21,24)(H,22,26)/t19-/m0/s1. The number of para-hydroxylation sites is 1. The number of benzene rings is 2. The highest BCUT2D eigenvalue weighted by atomic mass is 79.9. The summed E-state index contributed by atoms with van der Waals surface area (Å²) in [6, 6.07) is 15.6. The number of hydrogen-bond donors (Lipinski definition) is 2. The van der Waals surface area contributed by atoms with Crippen LogP contribution >= 0.6 is 15.9 Å². The molecule has 7 heteroatoms. The van der Waals surface area contributed by atoms with Gasteiger partial charge in [0, 0.05) is 4.47 Å². The number of rotatable bonds is 5. The van der Waals surface area contributed by atoms with E-state index in [9.17, 15) is 14.4 Å². The van der Waals surface area contributed by atoms with Crippen LogP contribution in [0.1, 0.15) is 18.9 Å². The van der Waals surface area contributed by atoms with Crippen molar-refractivity contribution in [1.29, 1.82) is 0 Å². The lowest BCUT2D eigenvalue weighted by molar-refractivity contribution is -0.134. The van der Waals surface area contributed by atoms with Crippen molar-refractivity contribution in [1.82, 2.24) is 10.2 Å². The highest BCUT2D eigenvalue weighted by Gasteiger charge is 2.51. The molecule has 1 saturated heterocycles. The molecule has 6 nitrogen and oxygen atoms in total. The Balaban J connectivity index is 1.79. The minimum atomic E-state index is -1.13. The van der Waals surface area contributed by atoms with Crippen LogP contribution in [0.2, 0.25) is 0 Å². The first-order chi connectivity index (χ1) is 12.5. The van der Waals surface area contributed by atoms with Crippen LogP contribution in [0.5, 0.6) is 0 Å². The van der Waals surface area contributed by atoms with Crippen LogP contribution < -0.4 is 10.6 Å². The summed E-state index contributed by atoms with van der Waals surface area (Å²) in [5.41, 5.74) is 0.148. The zero-order valence-corrected chi connectivity index (χ0v) is 15.7. The van der Waals surface area contributed by atoms with E-state index in [2.05, 4.69) is 26.6 Å². The zero-order chi connectivity index (χ0) is 18.7. The second-order valence-electron chi connectivity index (χ2n) is 5.97. The van der Waals surface area contributed by atoms with Crippen molar-refractivity contribution < 1.29 is 14.4 Å². The lowest BCUT2D eigenvalue weighted by atomic mass is 9.87. The van der Waals surface area contributed by atoms with Gasteiger partial charge in [-0.2, -0.15) is 0 Å². The van der Waals surface area contributed by atoms with E-state index in [4.69, 9.17) is 0 Å². The molecular formula is C19H18BrN3O3. The molecule has 26 heavy (non-hydrogen) atoms. The van der Waals surface area contributed by atoms with Crippen molar-refractivity contribution in [2.75, 3.05) is 11.9 Å². The Hall–Kier alpha value is -2.67. The largest absolute Gasteiger partial charge is 0.325 e. The quantitative estimate of drug-likeness (QED) is 0.735. The molecular weight excluding hydrogens is 398 g/mol. The molecule has 0 spiro atoms. The summed E-state index contributed by atoms with van der Waals surface area (Å²) in [6.45, 7) is 1.48. The number of carbonyl (C=O) groups is 3. The van der Waals surface area contributed by atoms with Gasteiger partial charge in [-0.05, 0) is 40.0 Å². The maximum Gasteiger partial charge on any atom is 0.325 e. The predicted molar refractivity (Wildman–Crippen MR) is 101 cm³/mol. The summed E-state index contributed by atoms with van der Waals surface area (Å²) in [5.74, 6) is -0.862. The SMILES string of the molecule is CC[C@@]1(c2ccccc2)NC(=O)N(CC(=O)Nc2ccccc2Br)C1=O. The molecule has 134 valence electrons. The maximum atomic E-state index is 13.0. The fraction of sp³-hybridized carbons (Fsp3) is 0.211. The van der Waals surface area contributed by atoms with Gasteiger partial charge in [-0.15, -0.1) is 0 Å². The van der Waals surface area contributed by atoms with Gasteiger partial charge < -0.3 is 10.6 Å². The van der Waals surface area contributed by atoms with Gasteiger partial charge in [0.15, 0.2) is 0 Å². The van der Waals surface area contributed by atoms with Gasteiger partial charge in [0.25, 0.3) is 5.91 Å². The van der Waals surface area contributed by atoms with E-state index in [1.807, 2.05) is 31.2 Å². The monoisotopic (exact) mass is 415 g/mol. The van der Waals surface area contributed by atoms with Gasteiger partial charge in [0.2, 0.25) is 5.91 Å². The van der Waals surface area contributed by atoms with E-state index < -0.39 is 23.4 Å². The van der Waals surface area contributed by atoms with Crippen LogP contribution in [-0.4, -0.2) is 29.3 Å². The molecule has 0 unspecified atom stereocenters. The third kappa shape index (κ3) is 3.22. The number of amides is 4. The third-order valence-corrected chi connectivity index (χ3v) is 5.11. The van der Waals surface area contributed by atoms with Crippen molar-refractivity contribution >= 4 is 39.5 Å². The summed E-state index contributed by atoms with van der Waals surface area (Å²) >= 11 is 3.35. The molecule has 0 aromatic heterocycles. The van der Waals surface area contributed by atoms with Crippen LogP contribution in [0.15, 0.2) is 59.1 Å². The number of halogens is 1. The van der Waals surface area contributed by atoms with Crippen LogP contribution in [0.25, 0.3) is 0 Å². The van der Waals surface area contributed by atoms with Gasteiger partial charge in [-0.25, -0.2) is 4.79 Å². The molecule has 1 fully saturated rings. The molecule has 0 bridgehead atoms. The number of nitrogens with zero attached hydrogens (tertiary/aromatic N) is 1. The molecule has 1 aliphatic heterocycles. The van der Waals surface area contributed by atoms with Crippen molar-refractivity contribution in [3.63, 3.8) is 0 Å². The van der Waals surface area contributed by atoms with Crippen LogP contribution in [0.4, 0.5) is 10.5 Å². The Morgan fingerprint density at radius 2 is 1.77 bits per heavy atom. The fourth-order valence-corrected chi connectivity index (χ4v) is 3.41. The highest BCUT2D eigenvalue weighted by Crippen LogP contribution is 2.32. The smallest absolute Gasteiger partial charge is 0.324 e. The van der Waals surface area contributed by atoms with E-state index >= 15 is 0 Å². The van der Waals surface area contributed by atoms with Gasteiger partial charge in [-0.3, -0.25) is 14.5 Å². The highest BCUT2D eigenvalue weighted by molar-refractivity contribution is 9.10. The average molecular weight is 416 g/mol. The van der Waals surface area contributed by atoms with E-state index in [1.54, 1.807) is 30.3 Å². The Bertz CT molecular complexity index is 856. The second-order valence-corrected chi connectivity index (χ2v) is 6.83. The fourth-order valence-electron chi connectivity index (χ4n) is 3.03. The average Bonchev–Trinajstić information content (AvgIpc) is 2.89. The van der Waals surface area contributed by atoms with Crippen molar-refractivity contribution in [3.05, 3.63) is 64.6 Å². The van der Waals surface area contributed by atoms with Gasteiger partial charge in [-0.1, -0.05) is 49.4 Å². The molecule has 2 N–H and O–H groups in total. The molecule has 1 aliphatic rings. The lowest BCUT2D eigenvalue weighted by Crippen LogP contribution is -2.44. The van der Waals surface area contributed by atoms with Gasteiger partial charge in [0.05, 0.1) is 5.69 Å². The minimum Gasteiger partial charge on any atom is -0.324 e. The third-order valence-electron chi connectivity index (χ3n) is 4.42. The molecule has 3 rings (SSSR count). The summed E-state index contributed by atoms with van der Waals surface area (Å²) < 4.78 is 0.720. The number of urea groups is 1. The Morgan fingerprint density at radius 3 is 2.42 bits per heavy atom. The Morgan fingerprint density at radius 1 is 1.12 bits per heavy atom. The Labute approximate surface area is 159 Å². The molecule has 4 amide bonds. The summed E-state index contributed by atoms with van der Waals surface area (Å²) in [4.78, 5) is 38.7. The lowest BCUT2D eigenvalue weighted by Gasteiger charge is -2.25. The molecule has 0 aliphatic carbocycles. The first-order valence-electron chi connectivity index (χ1n) is 8.22. The maximum absolute atomic E-state index is 13.0. The molecule has 0 radical (unpaired) electrons. The first-order valence-corrected chi connectivity index (χ1v) is 9.01. The Kier molecular flexibility index (Phi) is 5.08. The summed E-state index contributed by atoms with van der Waals surface area (Å²) in [7, 11) is 0. The summed E-state index contributed by atoms with van der Waals surface area (Å²) in [5, 5.41) is 5.47. The number of imide groups is 1. The molecule has 0 saturated carbocycles. The normalized spacial score (nSPS) is 19.4. The number of hydrogen-bond acceptors (Lipinski definition) is 3. The van der Waals surface area contributed by atoms with Crippen molar-refractivity contribution in [2.24, 2.45) is 0 Å². The van der Waals surface area contributed by atoms with E-state index in [0.717, 1.165) is 9.37 Å². The number of nitrogens with one attached hydrogen (secondary N) is 2. The molecule has 1 atom stereocenters. The van der Waals surface area contributed by atoms with Crippen molar-refractivity contribution in [2.45, 2.75) is 18.9 Å². The molecule has 2 aromatic rings. The van der Waals surface area contributed by atoms with E-state index in [0.29, 0.717) is 17.7 Å². The predicted octanol–water partition coefficient (Wildman–Crippen LogP) is 3.24. The van der Waals surface area contributed by atoms with Crippen LogP contribution in [-0.2, 0) is 15.1 Å². The van der Waals surface area contributed by atoms with Gasteiger partial charge >= 0.3 is 6.03 Å². The van der Waals surface area contributed by atoms with E-state index in [-0.39, 0.29) is 6.54 Å². The molecule has 2 aromatic carbocycles. The minimum absolute atomic E-state index is 0.347. The van der Waals surface area contributed by atoms with Gasteiger partial charge in [0.1, 0.15) is 12.1 Å². The molecule has 1 heterocycles. The van der Waals surface area contributed by atoms with E-state index in [1.165, 1.54) is 0 Å². The van der Waals surface area contributed by atoms with Crippen molar-refractivity contribution in [3.8, 4) is 0 Å². The second kappa shape index (κ2) is 7.29. The summed E-state index contributed by atoms with van der Waals surface area (Å²) in [6.07, 6.45) is 0.393. The number of anilines is 1. The first kappa shape index (κ1) is 18.1. The van der Waals surface area contributed by atoms with Crippen LogP contribution in [0.3, 0.4) is 0 Å².